The molecular weight excluding hydrogens is 694 g/mol. The molecule has 0 heterocycles. The normalized spacial score (nSPS) is 13.1. The van der Waals surface area contributed by atoms with E-state index in [1.54, 1.807) is 60.7 Å². The summed E-state index contributed by atoms with van der Waals surface area (Å²) >= 11 is 0. The highest BCUT2D eigenvalue weighted by Gasteiger charge is 2.45. The van der Waals surface area contributed by atoms with Crippen LogP contribution in [0.4, 0.5) is 49.6 Å². The predicted molar refractivity (Wildman–Crippen MR) is 168 cm³/mol. The molecule has 5 aromatic carbocycles. The number of amides is 1. The Kier molecular flexibility index (Phi) is 10.6. The van der Waals surface area contributed by atoms with Crippen LogP contribution in [0.15, 0.2) is 115 Å². The topological polar surface area (TPSA) is 50.4 Å². The van der Waals surface area contributed by atoms with E-state index in [-0.39, 0.29) is 30.3 Å². The fraction of sp³-hybridized carbons (Fsp3) is 0.162. The molecule has 0 bridgehead atoms. The third kappa shape index (κ3) is 8.62. The van der Waals surface area contributed by atoms with E-state index in [2.05, 4.69) is 15.4 Å². The molecule has 1 amide bonds. The zero-order valence-electron chi connectivity index (χ0n) is 26.1. The Morgan fingerprint density at radius 2 is 1.31 bits per heavy atom. The maximum absolute atomic E-state index is 15.3. The van der Waals surface area contributed by atoms with Gasteiger partial charge in [-0.1, -0.05) is 66.7 Å². The van der Waals surface area contributed by atoms with Crippen molar-refractivity contribution in [3.05, 3.63) is 166 Å². The van der Waals surface area contributed by atoms with Crippen molar-refractivity contribution in [2.24, 2.45) is 0 Å². The second kappa shape index (κ2) is 14.8. The van der Waals surface area contributed by atoms with Crippen molar-refractivity contribution in [3.8, 4) is 5.75 Å². The lowest BCUT2D eigenvalue weighted by Gasteiger charge is -2.37. The maximum atomic E-state index is 15.3. The van der Waals surface area contributed by atoms with Gasteiger partial charge in [-0.05, 0) is 64.7 Å². The van der Waals surface area contributed by atoms with Gasteiger partial charge < -0.3 is 15.4 Å². The first-order valence-electron chi connectivity index (χ1n) is 15.0. The average Bonchev–Trinajstić information content (AvgIpc) is 3.07. The third-order valence-corrected chi connectivity index (χ3v) is 7.83. The van der Waals surface area contributed by atoms with Gasteiger partial charge in [0.25, 0.3) is 5.91 Å². The summed E-state index contributed by atoms with van der Waals surface area (Å²) in [6.45, 7) is 0.0930. The van der Waals surface area contributed by atoms with Crippen molar-refractivity contribution in [3.63, 3.8) is 0 Å². The highest BCUT2D eigenvalue weighted by molar-refractivity contribution is 5.95. The van der Waals surface area contributed by atoms with Crippen LogP contribution in [0.2, 0.25) is 0 Å². The molecule has 0 aliphatic rings. The number of carbonyl (C=O) groups excluding carboxylic acids is 1. The van der Waals surface area contributed by atoms with Crippen molar-refractivity contribution in [2.75, 3.05) is 5.32 Å². The van der Waals surface area contributed by atoms with Crippen molar-refractivity contribution >= 4 is 11.6 Å². The molecule has 266 valence electrons. The number of hydrogen-bond donors (Lipinski definition) is 2. The Morgan fingerprint density at radius 3 is 1.94 bits per heavy atom. The zero-order valence-corrected chi connectivity index (χ0v) is 26.1. The van der Waals surface area contributed by atoms with Gasteiger partial charge in [-0.15, -0.1) is 0 Å². The van der Waals surface area contributed by atoms with E-state index in [0.717, 1.165) is 35.9 Å². The van der Waals surface area contributed by atoms with Crippen LogP contribution in [-0.2, 0) is 24.7 Å². The molecule has 0 spiro atoms. The van der Waals surface area contributed by atoms with Crippen LogP contribution in [0.3, 0.4) is 0 Å². The second-order valence-corrected chi connectivity index (χ2v) is 11.4. The molecule has 0 saturated heterocycles. The highest BCUT2D eigenvalue weighted by atomic mass is 19.4. The molecule has 2 N–H and O–H groups in total. The molecule has 0 unspecified atom stereocenters. The van der Waals surface area contributed by atoms with E-state index < -0.39 is 70.0 Å². The summed E-state index contributed by atoms with van der Waals surface area (Å²) in [5, 5.41) is 5.45. The smallest absolute Gasteiger partial charge is 0.428 e. The van der Waals surface area contributed by atoms with Crippen molar-refractivity contribution in [2.45, 2.75) is 37.2 Å². The van der Waals surface area contributed by atoms with Gasteiger partial charge in [0, 0.05) is 24.6 Å². The largest absolute Gasteiger partial charge is 0.461 e. The number of benzene rings is 5. The maximum Gasteiger partial charge on any atom is 0.461 e. The second-order valence-electron chi connectivity index (χ2n) is 11.4. The third-order valence-electron chi connectivity index (χ3n) is 7.83. The number of anilines is 1. The van der Waals surface area contributed by atoms with Crippen LogP contribution in [0.5, 0.6) is 5.75 Å². The van der Waals surface area contributed by atoms with E-state index in [0.29, 0.717) is 17.7 Å². The van der Waals surface area contributed by atoms with Gasteiger partial charge in [0.05, 0.1) is 16.8 Å². The van der Waals surface area contributed by atoms with Crippen LogP contribution in [0.25, 0.3) is 0 Å². The fourth-order valence-corrected chi connectivity index (χ4v) is 5.40. The quantitative estimate of drug-likeness (QED) is 0.126. The number of hydrogen-bond acceptors (Lipinski definition) is 3. The van der Waals surface area contributed by atoms with Crippen LogP contribution in [0, 0.1) is 17.5 Å². The van der Waals surface area contributed by atoms with E-state index in [1.807, 2.05) is 0 Å². The van der Waals surface area contributed by atoms with Crippen molar-refractivity contribution < 1.29 is 53.4 Å². The van der Waals surface area contributed by atoms with Crippen molar-refractivity contribution in [1.29, 1.82) is 0 Å². The molecular formula is C37H26F10N2O2. The number of ether oxygens (including phenoxy) is 1. The van der Waals surface area contributed by atoms with E-state index in [1.165, 1.54) is 6.07 Å². The summed E-state index contributed by atoms with van der Waals surface area (Å²) in [5.41, 5.74) is -4.12. The molecule has 0 saturated carbocycles. The van der Waals surface area contributed by atoms with Crippen LogP contribution in [-0.4, -0.2) is 18.4 Å². The number of carbonyl (C=O) groups is 1. The molecule has 5 rings (SSSR count). The lowest BCUT2D eigenvalue weighted by Crippen LogP contribution is -2.49. The standard InChI is InChI=1S/C37H26F10N2O2/c38-27-16-26(17-28(19-27)51-37(46,47)34(41)42)35(20-22-7-3-1-4-8-22,49-33(50)24-11-13-30(39)29(15-24)36(43,44)45)25-12-14-31(40)32(18-25)48-21-23-9-5-2-6-10-23/h1-19,34,48H,20-21H2,(H,49,50)/t35-/m1/s1. The lowest BCUT2D eigenvalue weighted by atomic mass is 9.77. The highest BCUT2D eigenvalue weighted by Crippen LogP contribution is 2.40. The molecule has 14 heteroatoms. The molecule has 4 nitrogen and oxygen atoms in total. The first-order chi connectivity index (χ1) is 24.1. The molecule has 0 aromatic heterocycles. The molecule has 0 fully saturated rings. The Morgan fingerprint density at radius 1 is 0.686 bits per heavy atom. The molecule has 51 heavy (non-hydrogen) atoms. The van der Waals surface area contributed by atoms with Gasteiger partial charge in [-0.2, -0.15) is 30.7 Å². The van der Waals surface area contributed by atoms with Gasteiger partial charge >= 0.3 is 18.7 Å². The van der Waals surface area contributed by atoms with Gasteiger partial charge in [-0.3, -0.25) is 4.79 Å². The number of rotatable bonds is 12. The Bertz CT molecular complexity index is 1990. The van der Waals surface area contributed by atoms with Crippen LogP contribution in [0.1, 0.15) is 38.2 Å². The first-order valence-corrected chi connectivity index (χ1v) is 15.0. The monoisotopic (exact) mass is 720 g/mol. The average molecular weight is 721 g/mol. The van der Waals surface area contributed by atoms with Gasteiger partial charge in [0.2, 0.25) is 0 Å². The molecule has 0 aliphatic heterocycles. The van der Waals surface area contributed by atoms with E-state index in [4.69, 9.17) is 0 Å². The minimum Gasteiger partial charge on any atom is -0.428 e. The van der Waals surface area contributed by atoms with Crippen molar-refractivity contribution in [1.82, 2.24) is 5.32 Å². The summed E-state index contributed by atoms with van der Waals surface area (Å²) in [6.07, 6.45) is -15.0. The van der Waals surface area contributed by atoms with E-state index in [9.17, 15) is 39.9 Å². The lowest BCUT2D eigenvalue weighted by molar-refractivity contribution is -0.253. The predicted octanol–water partition coefficient (Wildman–Crippen LogP) is 9.89. The van der Waals surface area contributed by atoms with Crippen LogP contribution < -0.4 is 15.4 Å². The summed E-state index contributed by atoms with van der Waals surface area (Å²) in [5.74, 6) is -6.11. The molecule has 5 aromatic rings. The van der Waals surface area contributed by atoms with Gasteiger partial charge in [0.1, 0.15) is 23.2 Å². The summed E-state index contributed by atoms with van der Waals surface area (Å²) in [7, 11) is 0. The first kappa shape index (κ1) is 36.7. The SMILES string of the molecule is O=C(N[C@@](Cc1ccccc1)(c1cc(F)cc(OC(F)(F)C(F)F)c1)c1ccc(F)c(NCc2ccccc2)c1)c1ccc(F)c(C(F)(F)F)c1. The molecule has 0 radical (unpaired) electrons. The number of alkyl halides is 7. The van der Waals surface area contributed by atoms with E-state index >= 15 is 8.78 Å². The minimum absolute atomic E-state index is 0.0491. The fourth-order valence-electron chi connectivity index (χ4n) is 5.40. The zero-order chi connectivity index (χ0) is 37.0. The molecule has 0 aliphatic carbocycles. The van der Waals surface area contributed by atoms with Gasteiger partial charge in [-0.25, -0.2) is 13.2 Å². The summed E-state index contributed by atoms with van der Waals surface area (Å²) < 4.78 is 144. The molecule has 1 atom stereocenters. The summed E-state index contributed by atoms with van der Waals surface area (Å²) in [4.78, 5) is 13.9. The number of nitrogens with one attached hydrogen (secondary N) is 2. The van der Waals surface area contributed by atoms with Crippen LogP contribution >= 0.6 is 0 Å². The minimum atomic E-state index is -5.21. The number of halogens is 10. The summed E-state index contributed by atoms with van der Waals surface area (Å²) in [6, 6.07) is 23.3. The Balaban J connectivity index is 1.73. The Hall–Kier alpha value is -5.53. The van der Waals surface area contributed by atoms with Gasteiger partial charge in [0.15, 0.2) is 0 Å². The Labute approximate surface area is 284 Å².